The number of rotatable bonds is 4. The molecule has 0 saturated carbocycles. The maximum atomic E-state index is 12.2. The van der Waals surface area contributed by atoms with Gasteiger partial charge in [0.25, 0.3) is 0 Å². The normalized spacial score (nSPS) is 11.1. The molecule has 0 aliphatic rings. The summed E-state index contributed by atoms with van der Waals surface area (Å²) >= 11 is 1.23. The minimum atomic E-state index is 0.0127. The van der Waals surface area contributed by atoms with Crippen LogP contribution in [0.3, 0.4) is 0 Å². The molecule has 0 aliphatic carbocycles. The highest BCUT2D eigenvalue weighted by atomic mass is 32.2. The first-order chi connectivity index (χ1) is 11.7. The largest absolute Gasteiger partial charge is 0.496 e. The van der Waals surface area contributed by atoms with E-state index in [0.717, 1.165) is 27.0 Å². The van der Waals surface area contributed by atoms with Crippen molar-refractivity contribution in [2.24, 2.45) is 0 Å². The van der Waals surface area contributed by atoms with Crippen LogP contribution in [-0.2, 0) is 4.79 Å². The van der Waals surface area contributed by atoms with Crippen molar-refractivity contribution in [3.8, 4) is 5.75 Å². The maximum Gasteiger partial charge on any atom is 0.216 e. The average Bonchev–Trinajstić information content (AvgIpc) is 2.61. The van der Waals surface area contributed by atoms with Crippen molar-refractivity contribution in [1.82, 2.24) is 0 Å². The summed E-state index contributed by atoms with van der Waals surface area (Å²) in [5.74, 6) is 0.836. The van der Waals surface area contributed by atoms with E-state index < -0.39 is 0 Å². The smallest absolute Gasteiger partial charge is 0.216 e. The molecule has 0 atom stereocenters. The Balaban J connectivity index is 1.82. The molecule has 0 heterocycles. The molecule has 0 bridgehead atoms. The summed E-state index contributed by atoms with van der Waals surface area (Å²) < 4.78 is 5.40. The summed E-state index contributed by atoms with van der Waals surface area (Å²) in [4.78, 5) is 13.1. The lowest BCUT2D eigenvalue weighted by molar-refractivity contribution is -0.107. The lowest BCUT2D eigenvalue weighted by Gasteiger charge is -2.07. The molecular weight excluding hydrogens is 316 g/mol. The number of methoxy groups -OCH3 is 1. The topological polar surface area (TPSA) is 26.3 Å². The summed E-state index contributed by atoms with van der Waals surface area (Å²) in [6, 6.07) is 19.9. The second kappa shape index (κ2) is 7.37. The van der Waals surface area contributed by atoms with Crippen molar-refractivity contribution < 1.29 is 9.53 Å². The van der Waals surface area contributed by atoms with E-state index in [4.69, 9.17) is 4.74 Å². The number of carbonyl (C=O) groups is 1. The van der Waals surface area contributed by atoms with Gasteiger partial charge in [0.2, 0.25) is 5.12 Å². The second-order valence-corrected chi connectivity index (χ2v) is 6.55. The van der Waals surface area contributed by atoms with Crippen LogP contribution in [0.4, 0.5) is 0 Å². The molecule has 3 aromatic carbocycles. The maximum absolute atomic E-state index is 12.2. The Labute approximate surface area is 146 Å². The summed E-state index contributed by atoms with van der Waals surface area (Å²) in [5, 5.41) is 2.13. The van der Waals surface area contributed by atoms with Gasteiger partial charge in [-0.25, -0.2) is 0 Å². The molecule has 0 radical (unpaired) electrons. The Morgan fingerprint density at radius 2 is 1.67 bits per heavy atom. The van der Waals surface area contributed by atoms with Gasteiger partial charge in [-0.3, -0.25) is 4.79 Å². The highest BCUT2D eigenvalue weighted by Gasteiger charge is 2.05. The van der Waals surface area contributed by atoms with Gasteiger partial charge in [-0.1, -0.05) is 48.0 Å². The number of benzene rings is 3. The Morgan fingerprint density at radius 1 is 0.958 bits per heavy atom. The Bertz CT molecular complexity index is 895. The van der Waals surface area contributed by atoms with Gasteiger partial charge in [0, 0.05) is 10.3 Å². The Morgan fingerprint density at radius 3 is 2.38 bits per heavy atom. The Kier molecular flexibility index (Phi) is 5.02. The zero-order chi connectivity index (χ0) is 16.9. The summed E-state index contributed by atoms with van der Waals surface area (Å²) in [7, 11) is 1.67. The summed E-state index contributed by atoms with van der Waals surface area (Å²) in [5.41, 5.74) is 2.19. The fourth-order valence-corrected chi connectivity index (χ4v) is 3.17. The van der Waals surface area contributed by atoms with Gasteiger partial charge < -0.3 is 4.74 Å². The standard InChI is InChI=1S/C21H18O2S/c1-15-7-11-17(12-8-15)24-21(22)14-10-16-9-13-20(23-2)19-6-4-3-5-18(16)19/h3-14H,1-2H3/b14-10+. The molecule has 0 spiro atoms. The van der Waals surface area contributed by atoms with Crippen molar-refractivity contribution >= 4 is 33.7 Å². The average molecular weight is 334 g/mol. The van der Waals surface area contributed by atoms with Crippen molar-refractivity contribution in [3.63, 3.8) is 0 Å². The van der Waals surface area contributed by atoms with E-state index in [2.05, 4.69) is 0 Å². The predicted octanol–water partition coefficient (Wildman–Crippen LogP) is 5.49. The first-order valence-electron chi connectivity index (χ1n) is 7.69. The molecule has 0 unspecified atom stereocenters. The molecule has 0 amide bonds. The van der Waals surface area contributed by atoms with Gasteiger partial charge in [-0.05, 0) is 60.0 Å². The molecule has 0 aliphatic heterocycles. The van der Waals surface area contributed by atoms with Crippen LogP contribution in [0.5, 0.6) is 5.75 Å². The van der Waals surface area contributed by atoms with E-state index in [9.17, 15) is 4.79 Å². The Hall–Kier alpha value is -2.52. The van der Waals surface area contributed by atoms with Gasteiger partial charge in [-0.2, -0.15) is 0 Å². The number of aryl methyl sites for hydroxylation is 1. The summed E-state index contributed by atoms with van der Waals surface area (Å²) in [6.45, 7) is 2.03. The van der Waals surface area contributed by atoms with Crippen molar-refractivity contribution in [1.29, 1.82) is 0 Å². The molecule has 2 nitrogen and oxygen atoms in total. The minimum Gasteiger partial charge on any atom is -0.496 e. The van der Waals surface area contributed by atoms with Crippen LogP contribution in [0, 0.1) is 6.92 Å². The zero-order valence-electron chi connectivity index (χ0n) is 13.7. The van der Waals surface area contributed by atoms with E-state index in [1.54, 1.807) is 13.2 Å². The fourth-order valence-electron chi connectivity index (χ4n) is 2.53. The van der Waals surface area contributed by atoms with E-state index in [1.165, 1.54) is 17.3 Å². The molecule has 3 rings (SSSR count). The van der Waals surface area contributed by atoms with Crippen LogP contribution in [-0.4, -0.2) is 12.2 Å². The molecular formula is C21H18O2S. The predicted molar refractivity (Wildman–Crippen MR) is 102 cm³/mol. The highest BCUT2D eigenvalue weighted by Crippen LogP contribution is 2.29. The zero-order valence-corrected chi connectivity index (χ0v) is 14.5. The number of ether oxygens (including phenoxy) is 1. The van der Waals surface area contributed by atoms with Crippen molar-refractivity contribution in [2.75, 3.05) is 7.11 Å². The first kappa shape index (κ1) is 16.3. The van der Waals surface area contributed by atoms with Gasteiger partial charge in [0.05, 0.1) is 7.11 Å². The van der Waals surface area contributed by atoms with E-state index in [0.29, 0.717) is 0 Å². The lowest BCUT2D eigenvalue weighted by atomic mass is 10.0. The van der Waals surface area contributed by atoms with Crippen LogP contribution in [0.15, 0.2) is 71.6 Å². The third kappa shape index (κ3) is 3.69. The van der Waals surface area contributed by atoms with Crippen LogP contribution < -0.4 is 4.74 Å². The molecule has 0 aromatic heterocycles. The first-order valence-corrected chi connectivity index (χ1v) is 8.51. The van der Waals surface area contributed by atoms with Crippen LogP contribution in [0.25, 0.3) is 16.8 Å². The van der Waals surface area contributed by atoms with Gasteiger partial charge in [-0.15, -0.1) is 0 Å². The van der Waals surface area contributed by atoms with Crippen LogP contribution in [0.2, 0.25) is 0 Å². The lowest BCUT2D eigenvalue weighted by Crippen LogP contribution is -1.88. The number of carbonyl (C=O) groups excluding carboxylic acids is 1. The third-order valence-electron chi connectivity index (χ3n) is 3.78. The quantitative estimate of drug-likeness (QED) is 0.466. The molecule has 0 saturated heterocycles. The fraction of sp³-hybridized carbons (Fsp3) is 0.0952. The van der Waals surface area contributed by atoms with Crippen molar-refractivity contribution in [2.45, 2.75) is 11.8 Å². The SMILES string of the molecule is COc1ccc(/C=C/C(=O)Sc2ccc(C)cc2)c2ccccc12. The molecule has 3 heteroatoms. The monoisotopic (exact) mass is 334 g/mol. The van der Waals surface area contributed by atoms with E-state index in [-0.39, 0.29) is 5.12 Å². The van der Waals surface area contributed by atoms with Gasteiger partial charge in [0.15, 0.2) is 0 Å². The van der Waals surface area contributed by atoms with Crippen LogP contribution in [0.1, 0.15) is 11.1 Å². The second-order valence-electron chi connectivity index (χ2n) is 5.47. The third-order valence-corrected chi connectivity index (χ3v) is 4.62. The summed E-state index contributed by atoms with van der Waals surface area (Å²) in [6.07, 6.45) is 3.49. The number of thioether (sulfide) groups is 1. The van der Waals surface area contributed by atoms with Crippen LogP contribution >= 0.6 is 11.8 Å². The van der Waals surface area contributed by atoms with Gasteiger partial charge >= 0.3 is 0 Å². The molecule has 3 aromatic rings. The van der Waals surface area contributed by atoms with E-state index >= 15 is 0 Å². The molecule has 0 N–H and O–H groups in total. The van der Waals surface area contributed by atoms with Crippen molar-refractivity contribution in [3.05, 3.63) is 77.9 Å². The highest BCUT2D eigenvalue weighted by molar-refractivity contribution is 8.14. The number of fused-ring (bicyclic) bond motifs is 1. The van der Waals surface area contributed by atoms with E-state index in [1.807, 2.05) is 73.7 Å². The molecule has 24 heavy (non-hydrogen) atoms. The minimum absolute atomic E-state index is 0.0127. The molecule has 120 valence electrons. The number of hydrogen-bond acceptors (Lipinski definition) is 3. The van der Waals surface area contributed by atoms with Gasteiger partial charge in [0.1, 0.15) is 5.75 Å². The number of hydrogen-bond donors (Lipinski definition) is 0. The molecule has 0 fully saturated rings.